The molecule has 5 aliphatic rings. The van der Waals surface area contributed by atoms with Crippen LogP contribution in [0.2, 0.25) is 0 Å². The highest BCUT2D eigenvalue weighted by atomic mass is 19.1. The Bertz CT molecular complexity index is 1940. The normalized spacial score (nSPS) is 28.3. The van der Waals surface area contributed by atoms with E-state index in [9.17, 15) is 14.3 Å². The minimum absolute atomic E-state index is 0.0149. The molecule has 0 spiro atoms. The van der Waals surface area contributed by atoms with Crippen LogP contribution in [0, 0.1) is 5.82 Å². The van der Waals surface area contributed by atoms with Crippen LogP contribution in [0.5, 0.6) is 17.6 Å². The van der Waals surface area contributed by atoms with Crippen molar-refractivity contribution in [2.24, 2.45) is 0 Å². The lowest BCUT2D eigenvalue weighted by atomic mass is 9.94. The van der Waals surface area contributed by atoms with Gasteiger partial charge in [-0.25, -0.2) is 13.8 Å². The van der Waals surface area contributed by atoms with Crippen molar-refractivity contribution in [2.45, 2.75) is 68.9 Å². The molecular weight excluding hydrogens is 594 g/mol. The quantitative estimate of drug-likeness (QED) is 0.306. The van der Waals surface area contributed by atoms with Crippen LogP contribution in [0.4, 0.5) is 14.6 Å². The molecule has 5 aliphatic heterocycles. The molecule has 2 aromatic heterocycles. The molecule has 0 radical (unpaired) electrons. The maximum Gasteiger partial charge on any atom is 0.319 e. The minimum atomic E-state index is -0.911. The Morgan fingerprint density at radius 2 is 2.09 bits per heavy atom. The number of hydrogen-bond acceptors (Lipinski definition) is 10. The molecule has 4 aromatic rings. The number of fused-ring (bicyclic) bond motifs is 7. The number of nitrogens with one attached hydrogen (secondary N) is 1. The molecule has 12 heteroatoms. The lowest BCUT2D eigenvalue weighted by Crippen LogP contribution is -2.60. The first-order valence-corrected chi connectivity index (χ1v) is 16.1. The zero-order valence-electron chi connectivity index (χ0n) is 25.4. The summed E-state index contributed by atoms with van der Waals surface area (Å²) in [6.45, 7) is 3.84. The number of Topliss-reactive ketones (excluding diaryl/α,β-unsaturated/α-hetero) is 1. The number of carbonyl (C=O) groups excluding carboxylic acids is 1. The van der Waals surface area contributed by atoms with Crippen LogP contribution < -0.4 is 19.7 Å². The zero-order chi connectivity index (χ0) is 31.3. The number of aromatic nitrogens is 3. The van der Waals surface area contributed by atoms with Crippen LogP contribution in [0.25, 0.3) is 32.9 Å². The molecule has 0 saturated carbocycles. The van der Waals surface area contributed by atoms with E-state index in [2.05, 4.69) is 20.1 Å². The van der Waals surface area contributed by atoms with Crippen LogP contribution in [0.15, 0.2) is 30.3 Å². The van der Waals surface area contributed by atoms with Crippen molar-refractivity contribution in [3.05, 3.63) is 41.7 Å². The third kappa shape index (κ3) is 4.18. The first-order chi connectivity index (χ1) is 22.3. The molecule has 1 unspecified atom stereocenters. The number of phenolic OH excluding ortho intramolecular Hbond substituents is 1. The number of hydrogen-bond donors (Lipinski definition) is 2. The van der Waals surface area contributed by atoms with Gasteiger partial charge in [-0.15, -0.1) is 0 Å². The number of aromatic hydroxyl groups is 1. The van der Waals surface area contributed by atoms with E-state index in [1.807, 2.05) is 0 Å². The summed E-state index contributed by atoms with van der Waals surface area (Å²) in [5.41, 5.74) is 0.103. The lowest BCUT2D eigenvalue weighted by Gasteiger charge is -2.40. The van der Waals surface area contributed by atoms with Gasteiger partial charge in [-0.2, -0.15) is 9.97 Å². The second-order valence-corrected chi connectivity index (χ2v) is 13.5. The van der Waals surface area contributed by atoms with E-state index in [4.69, 9.17) is 19.4 Å². The molecule has 9 rings (SSSR count). The molecule has 10 nitrogen and oxygen atoms in total. The Hall–Kier alpha value is -4.16. The summed E-state index contributed by atoms with van der Waals surface area (Å²) in [6, 6.07) is 8.52. The molecule has 4 saturated heterocycles. The number of anilines is 1. The van der Waals surface area contributed by atoms with Gasteiger partial charge in [-0.05, 0) is 56.7 Å². The number of ketones is 1. The van der Waals surface area contributed by atoms with Gasteiger partial charge in [0.15, 0.2) is 11.6 Å². The van der Waals surface area contributed by atoms with Crippen molar-refractivity contribution in [1.82, 2.24) is 25.2 Å². The fraction of sp³-hybridized carbons (Fsp3) is 0.471. The zero-order valence-corrected chi connectivity index (χ0v) is 25.4. The van der Waals surface area contributed by atoms with Gasteiger partial charge in [0.1, 0.15) is 47.5 Å². The second-order valence-electron chi connectivity index (χ2n) is 13.5. The maximum absolute atomic E-state index is 17.1. The van der Waals surface area contributed by atoms with Crippen molar-refractivity contribution >= 4 is 33.3 Å². The summed E-state index contributed by atoms with van der Waals surface area (Å²) in [5.74, 6) is -0.328. The topological polar surface area (TPSA) is 113 Å². The van der Waals surface area contributed by atoms with Crippen molar-refractivity contribution in [3.63, 3.8) is 0 Å². The fourth-order valence-corrected chi connectivity index (χ4v) is 8.70. The Kier molecular flexibility index (Phi) is 6.21. The van der Waals surface area contributed by atoms with E-state index in [0.29, 0.717) is 53.7 Å². The molecule has 2 bridgehead atoms. The van der Waals surface area contributed by atoms with Gasteiger partial charge in [-0.1, -0.05) is 18.2 Å². The van der Waals surface area contributed by atoms with E-state index >= 15 is 4.39 Å². The van der Waals surface area contributed by atoms with Crippen LogP contribution in [0.3, 0.4) is 0 Å². The molecule has 0 aliphatic carbocycles. The van der Waals surface area contributed by atoms with Gasteiger partial charge in [0.2, 0.25) is 5.88 Å². The number of halogens is 2. The summed E-state index contributed by atoms with van der Waals surface area (Å²) in [5, 5.41) is 15.8. The number of piperazine rings is 1. The standard InChI is InChI=1S/C34H34F2N6O4/c1-17(43)22-5-2-4-18-10-21(44)11-23(26(18)22)29-28(36)30-27-31(42-14-20-6-7-24(37-20)25(42)15-45-32(27)38-29)40-33(39-30)46-16-34-8-3-9-41(34)13-19(35)12-34/h2,4-5,10-11,19-20,24-25,37,44H,3,6-9,12-16H2,1H3/t19-,20-,24+,25-,34?/m1/s1. The van der Waals surface area contributed by atoms with Crippen LogP contribution in [0.1, 0.15) is 49.4 Å². The lowest BCUT2D eigenvalue weighted by molar-refractivity contribution is 0.101. The number of nitrogens with zero attached hydrogens (tertiary/aromatic N) is 5. The molecule has 2 N–H and O–H groups in total. The first-order valence-electron chi connectivity index (χ1n) is 16.1. The molecular formula is C34H34F2N6O4. The Morgan fingerprint density at radius 3 is 2.96 bits per heavy atom. The van der Waals surface area contributed by atoms with E-state index < -0.39 is 17.5 Å². The molecule has 5 atom stereocenters. The maximum atomic E-state index is 17.1. The predicted molar refractivity (Wildman–Crippen MR) is 167 cm³/mol. The first kappa shape index (κ1) is 28.1. The number of phenols is 1. The Morgan fingerprint density at radius 1 is 1.20 bits per heavy atom. The summed E-state index contributed by atoms with van der Waals surface area (Å²) in [4.78, 5) is 31.3. The van der Waals surface area contributed by atoms with Crippen LogP contribution >= 0.6 is 0 Å². The van der Waals surface area contributed by atoms with Gasteiger partial charge in [-0.3, -0.25) is 9.69 Å². The van der Waals surface area contributed by atoms with Crippen molar-refractivity contribution in [1.29, 1.82) is 0 Å². The number of pyridine rings is 1. The highest BCUT2D eigenvalue weighted by Gasteiger charge is 2.50. The van der Waals surface area contributed by atoms with Gasteiger partial charge in [0.05, 0.1) is 11.6 Å². The van der Waals surface area contributed by atoms with E-state index in [0.717, 1.165) is 32.2 Å². The fourth-order valence-electron chi connectivity index (χ4n) is 8.70. The molecule has 238 valence electrons. The minimum Gasteiger partial charge on any atom is -0.508 e. The second kappa shape index (κ2) is 10.2. The number of alkyl halides is 1. The number of rotatable bonds is 5. The van der Waals surface area contributed by atoms with Crippen LogP contribution in [-0.2, 0) is 0 Å². The highest BCUT2D eigenvalue weighted by molar-refractivity contribution is 6.13. The Labute approximate surface area is 263 Å². The monoisotopic (exact) mass is 628 g/mol. The van der Waals surface area contributed by atoms with Gasteiger partial charge in [0.25, 0.3) is 0 Å². The van der Waals surface area contributed by atoms with Crippen molar-refractivity contribution in [2.75, 3.05) is 37.7 Å². The average Bonchev–Trinajstić information content (AvgIpc) is 3.67. The van der Waals surface area contributed by atoms with E-state index in [1.165, 1.54) is 13.0 Å². The molecule has 46 heavy (non-hydrogen) atoms. The molecule has 4 fully saturated rings. The van der Waals surface area contributed by atoms with Gasteiger partial charge < -0.3 is 24.8 Å². The highest BCUT2D eigenvalue weighted by Crippen LogP contribution is 2.45. The third-order valence-corrected chi connectivity index (χ3v) is 10.8. The number of benzene rings is 2. The molecule has 7 heterocycles. The smallest absolute Gasteiger partial charge is 0.319 e. The van der Waals surface area contributed by atoms with Gasteiger partial charge >= 0.3 is 6.01 Å². The summed E-state index contributed by atoms with van der Waals surface area (Å²) in [6.07, 6.45) is 3.28. The number of carbonyl (C=O) groups is 1. The third-order valence-electron chi connectivity index (χ3n) is 10.8. The van der Waals surface area contributed by atoms with Crippen LogP contribution in [-0.4, -0.2) is 93.4 Å². The summed E-state index contributed by atoms with van der Waals surface area (Å²) < 4.78 is 44.3. The Balaban J connectivity index is 1.24. The SMILES string of the molecule is CC(=O)c1cccc2cc(O)cc(-c3nc4c5c(nc(OCC67CCCN6C[C@H](F)C7)nc5c3F)N3C[C@H]5CC[C@H](N5)[C@H]3CO4)c12. The van der Waals surface area contributed by atoms with Crippen molar-refractivity contribution < 1.29 is 28.2 Å². The molecule has 2 aromatic carbocycles. The predicted octanol–water partition coefficient (Wildman–Crippen LogP) is 4.55. The largest absolute Gasteiger partial charge is 0.508 e. The van der Waals surface area contributed by atoms with Gasteiger partial charge in [0, 0.05) is 48.1 Å². The summed E-state index contributed by atoms with van der Waals surface area (Å²) >= 11 is 0. The van der Waals surface area contributed by atoms with Crippen molar-refractivity contribution in [3.8, 4) is 28.9 Å². The van der Waals surface area contributed by atoms with E-state index in [1.54, 1.807) is 24.3 Å². The number of ether oxygens (including phenoxy) is 2. The average molecular weight is 629 g/mol. The summed E-state index contributed by atoms with van der Waals surface area (Å²) in [7, 11) is 0. The van der Waals surface area contributed by atoms with E-state index in [-0.39, 0.29) is 64.9 Å². The molecule has 0 amide bonds.